The number of rotatable bonds is 5. The molecule has 0 radical (unpaired) electrons. The fourth-order valence-electron chi connectivity index (χ4n) is 1.22. The Morgan fingerprint density at radius 1 is 1.25 bits per heavy atom. The van der Waals surface area contributed by atoms with E-state index in [2.05, 4.69) is 20.6 Å². The molecule has 0 unspecified atom stereocenters. The zero-order chi connectivity index (χ0) is 12.0. The van der Waals surface area contributed by atoms with Gasteiger partial charge in [-0.15, -0.1) is 0 Å². The summed E-state index contributed by atoms with van der Waals surface area (Å²) in [6, 6.07) is 2.03. The van der Waals surface area contributed by atoms with Gasteiger partial charge in [-0.1, -0.05) is 0 Å². The van der Waals surface area contributed by atoms with E-state index in [1.807, 2.05) is 19.9 Å². The molecule has 0 aromatic carbocycles. The van der Waals surface area contributed by atoms with Crippen molar-refractivity contribution in [2.45, 2.75) is 13.8 Å². The second-order valence-electron chi connectivity index (χ2n) is 2.95. The van der Waals surface area contributed by atoms with Gasteiger partial charge < -0.3 is 15.4 Å². The number of hydrogen-bond donors (Lipinski definition) is 2. The van der Waals surface area contributed by atoms with Crippen LogP contribution in [0.1, 0.15) is 19.4 Å². The van der Waals surface area contributed by atoms with Crippen LogP contribution in [-0.4, -0.2) is 30.2 Å². The molecule has 86 valence electrons. The molecule has 0 aliphatic carbocycles. The molecule has 1 aromatic rings. The van der Waals surface area contributed by atoms with Crippen molar-refractivity contribution in [3.63, 3.8) is 0 Å². The summed E-state index contributed by atoms with van der Waals surface area (Å²) in [6.07, 6.45) is 0. The minimum Gasteiger partial charge on any atom is -0.480 e. The van der Waals surface area contributed by atoms with Crippen molar-refractivity contribution in [3.8, 4) is 11.9 Å². The molecule has 16 heavy (non-hydrogen) atoms. The number of aromatic nitrogens is 2. The van der Waals surface area contributed by atoms with Gasteiger partial charge >= 0.3 is 0 Å². The van der Waals surface area contributed by atoms with E-state index < -0.39 is 0 Å². The molecule has 0 saturated carbocycles. The van der Waals surface area contributed by atoms with Crippen LogP contribution in [0.25, 0.3) is 0 Å². The van der Waals surface area contributed by atoms with Gasteiger partial charge in [0.2, 0.25) is 11.8 Å². The SMILES string of the molecule is CCNc1nc(NCC)c(C#N)c(OC)n1. The third kappa shape index (κ3) is 2.51. The molecule has 1 aromatic heterocycles. The molecule has 0 spiro atoms. The van der Waals surface area contributed by atoms with Gasteiger partial charge in [0.15, 0.2) is 11.4 Å². The first-order chi connectivity index (χ1) is 7.76. The van der Waals surface area contributed by atoms with E-state index in [-0.39, 0.29) is 5.88 Å². The summed E-state index contributed by atoms with van der Waals surface area (Å²) in [5.41, 5.74) is 0.325. The van der Waals surface area contributed by atoms with E-state index in [4.69, 9.17) is 10.00 Å². The van der Waals surface area contributed by atoms with E-state index in [0.717, 1.165) is 0 Å². The van der Waals surface area contributed by atoms with Crippen LogP contribution >= 0.6 is 0 Å². The fraction of sp³-hybridized carbons (Fsp3) is 0.500. The Labute approximate surface area is 94.7 Å². The second kappa shape index (κ2) is 5.75. The smallest absolute Gasteiger partial charge is 0.238 e. The lowest BCUT2D eigenvalue weighted by atomic mass is 10.3. The average Bonchev–Trinajstić information content (AvgIpc) is 2.29. The molecule has 0 saturated heterocycles. The summed E-state index contributed by atoms with van der Waals surface area (Å²) >= 11 is 0. The van der Waals surface area contributed by atoms with Gasteiger partial charge in [0.1, 0.15) is 6.07 Å². The zero-order valence-electron chi connectivity index (χ0n) is 9.66. The highest BCUT2D eigenvalue weighted by atomic mass is 16.5. The number of nitriles is 1. The van der Waals surface area contributed by atoms with Gasteiger partial charge in [-0.05, 0) is 13.8 Å². The summed E-state index contributed by atoms with van der Waals surface area (Å²) in [5.74, 6) is 1.23. The van der Waals surface area contributed by atoms with E-state index in [0.29, 0.717) is 30.4 Å². The van der Waals surface area contributed by atoms with Gasteiger partial charge in [-0.25, -0.2) is 0 Å². The Morgan fingerprint density at radius 2 is 1.94 bits per heavy atom. The predicted molar refractivity (Wildman–Crippen MR) is 61.6 cm³/mol. The van der Waals surface area contributed by atoms with Gasteiger partial charge in [-0.2, -0.15) is 15.2 Å². The van der Waals surface area contributed by atoms with Crippen molar-refractivity contribution in [2.75, 3.05) is 30.8 Å². The molecular weight excluding hydrogens is 206 g/mol. The van der Waals surface area contributed by atoms with Crippen LogP contribution in [0.4, 0.5) is 11.8 Å². The topological polar surface area (TPSA) is 82.9 Å². The zero-order valence-corrected chi connectivity index (χ0v) is 9.66. The highest BCUT2D eigenvalue weighted by Crippen LogP contribution is 2.23. The van der Waals surface area contributed by atoms with Crippen molar-refractivity contribution < 1.29 is 4.74 Å². The number of hydrogen-bond acceptors (Lipinski definition) is 6. The monoisotopic (exact) mass is 221 g/mol. The first-order valence-corrected chi connectivity index (χ1v) is 5.10. The molecule has 1 heterocycles. The Bertz CT molecular complexity index is 399. The summed E-state index contributed by atoms with van der Waals surface area (Å²) in [5, 5.41) is 15.0. The summed E-state index contributed by atoms with van der Waals surface area (Å²) in [7, 11) is 1.48. The van der Waals surface area contributed by atoms with E-state index in [1.165, 1.54) is 7.11 Å². The first-order valence-electron chi connectivity index (χ1n) is 5.10. The maximum Gasteiger partial charge on any atom is 0.238 e. The van der Waals surface area contributed by atoms with Crippen molar-refractivity contribution >= 4 is 11.8 Å². The van der Waals surface area contributed by atoms with Crippen molar-refractivity contribution in [3.05, 3.63) is 5.56 Å². The highest BCUT2D eigenvalue weighted by molar-refractivity contribution is 5.59. The first kappa shape index (κ1) is 12.0. The fourth-order valence-corrected chi connectivity index (χ4v) is 1.22. The lowest BCUT2D eigenvalue weighted by Gasteiger charge is -2.10. The quantitative estimate of drug-likeness (QED) is 0.777. The van der Waals surface area contributed by atoms with Crippen LogP contribution in [0, 0.1) is 11.3 Å². The Balaban J connectivity index is 3.21. The van der Waals surface area contributed by atoms with Crippen molar-refractivity contribution in [1.82, 2.24) is 9.97 Å². The largest absolute Gasteiger partial charge is 0.480 e. The van der Waals surface area contributed by atoms with Gasteiger partial charge in [0.25, 0.3) is 0 Å². The van der Waals surface area contributed by atoms with Crippen LogP contribution in [-0.2, 0) is 0 Å². The molecule has 2 N–H and O–H groups in total. The standard InChI is InChI=1S/C10H15N5O/c1-4-12-8-7(6-11)9(16-3)15-10(14-8)13-5-2/h4-5H2,1-3H3,(H2,12,13,14,15). The Morgan fingerprint density at radius 3 is 2.44 bits per heavy atom. The van der Waals surface area contributed by atoms with Gasteiger partial charge in [0.05, 0.1) is 7.11 Å². The molecule has 0 fully saturated rings. The predicted octanol–water partition coefficient (Wildman–Crippen LogP) is 1.22. The van der Waals surface area contributed by atoms with Crippen LogP contribution in [0.5, 0.6) is 5.88 Å². The number of nitrogens with zero attached hydrogens (tertiary/aromatic N) is 3. The average molecular weight is 221 g/mol. The second-order valence-corrected chi connectivity index (χ2v) is 2.95. The molecule has 6 heteroatoms. The summed E-state index contributed by atoms with van der Waals surface area (Å²) in [6.45, 7) is 5.27. The molecule has 0 aliphatic rings. The molecule has 0 amide bonds. The van der Waals surface area contributed by atoms with E-state index >= 15 is 0 Å². The van der Waals surface area contributed by atoms with E-state index in [9.17, 15) is 0 Å². The van der Waals surface area contributed by atoms with Crippen LogP contribution in [0.3, 0.4) is 0 Å². The normalized spacial score (nSPS) is 9.38. The Kier molecular flexibility index (Phi) is 4.33. The van der Waals surface area contributed by atoms with Crippen LogP contribution in [0.15, 0.2) is 0 Å². The van der Waals surface area contributed by atoms with Gasteiger partial charge in [0, 0.05) is 13.1 Å². The number of ether oxygens (including phenoxy) is 1. The maximum atomic E-state index is 9.01. The van der Waals surface area contributed by atoms with Crippen LogP contribution < -0.4 is 15.4 Å². The highest BCUT2D eigenvalue weighted by Gasteiger charge is 2.13. The third-order valence-corrected chi connectivity index (χ3v) is 1.86. The minimum atomic E-state index is 0.282. The third-order valence-electron chi connectivity index (χ3n) is 1.86. The number of nitrogens with one attached hydrogen (secondary N) is 2. The maximum absolute atomic E-state index is 9.01. The number of anilines is 2. The van der Waals surface area contributed by atoms with Crippen molar-refractivity contribution in [1.29, 1.82) is 5.26 Å². The summed E-state index contributed by atoms with van der Waals surface area (Å²) in [4.78, 5) is 8.28. The molecule has 1 rings (SSSR count). The summed E-state index contributed by atoms with van der Waals surface area (Å²) < 4.78 is 5.06. The Hall–Kier alpha value is -2.03. The lowest BCUT2D eigenvalue weighted by molar-refractivity contribution is 0.396. The molecular formula is C10H15N5O. The van der Waals surface area contributed by atoms with Crippen molar-refractivity contribution in [2.24, 2.45) is 0 Å². The molecule has 0 bridgehead atoms. The molecule has 6 nitrogen and oxygen atoms in total. The van der Waals surface area contributed by atoms with Gasteiger partial charge in [-0.3, -0.25) is 0 Å². The minimum absolute atomic E-state index is 0.282. The number of methoxy groups -OCH3 is 1. The molecule has 0 aliphatic heterocycles. The van der Waals surface area contributed by atoms with Crippen LogP contribution in [0.2, 0.25) is 0 Å². The van der Waals surface area contributed by atoms with E-state index in [1.54, 1.807) is 0 Å². The molecule has 0 atom stereocenters. The lowest BCUT2D eigenvalue weighted by Crippen LogP contribution is -2.09.